The number of carbonyl (C=O) groups excluding carboxylic acids is 1. The lowest BCUT2D eigenvalue weighted by Crippen LogP contribution is -2.10. The van der Waals surface area contributed by atoms with Crippen LogP contribution < -0.4 is 0 Å². The van der Waals surface area contributed by atoms with Gasteiger partial charge in [0.05, 0.1) is 18.7 Å². The molecule has 1 heterocycles. The Morgan fingerprint density at radius 3 is 2.67 bits per heavy atom. The van der Waals surface area contributed by atoms with E-state index in [9.17, 15) is 4.79 Å². The molecule has 1 aromatic rings. The maximum Gasteiger partial charge on any atom is 0.311 e. The zero-order valence-electron chi connectivity index (χ0n) is 9.66. The summed E-state index contributed by atoms with van der Waals surface area (Å²) in [5.41, 5.74) is 0.540. The van der Waals surface area contributed by atoms with Gasteiger partial charge in [-0.2, -0.15) is 0 Å². The van der Waals surface area contributed by atoms with Crippen LogP contribution in [0.4, 0.5) is 0 Å². The van der Waals surface area contributed by atoms with Gasteiger partial charge in [-0.25, -0.2) is 0 Å². The molecule has 0 amide bonds. The van der Waals surface area contributed by atoms with E-state index in [1.807, 2.05) is 20.8 Å². The highest BCUT2D eigenvalue weighted by atomic mass is 16.5. The van der Waals surface area contributed by atoms with Crippen LogP contribution in [0, 0.1) is 0 Å². The molecule has 4 nitrogen and oxygen atoms in total. The second-order valence-electron chi connectivity index (χ2n) is 4.41. The van der Waals surface area contributed by atoms with Crippen molar-refractivity contribution in [1.29, 1.82) is 0 Å². The molecule has 0 saturated carbocycles. The highest BCUT2D eigenvalue weighted by Gasteiger charge is 2.20. The lowest BCUT2D eigenvalue weighted by molar-refractivity contribution is -0.142. The highest BCUT2D eigenvalue weighted by molar-refractivity contribution is 5.71. The van der Waals surface area contributed by atoms with Gasteiger partial charge in [0.2, 0.25) is 0 Å². The molecule has 0 aromatic carbocycles. The number of hydrogen-bond acceptors (Lipinski definition) is 4. The van der Waals surface area contributed by atoms with Crippen molar-refractivity contribution in [3.8, 4) is 0 Å². The lowest BCUT2D eigenvalue weighted by atomic mass is 9.93. The topological polar surface area (TPSA) is 52.3 Å². The molecule has 15 heavy (non-hydrogen) atoms. The number of esters is 1. The number of carbonyl (C=O) groups is 1. The summed E-state index contributed by atoms with van der Waals surface area (Å²) in [5.74, 6) is 0.507. The summed E-state index contributed by atoms with van der Waals surface area (Å²) in [6, 6.07) is 1.80. The van der Waals surface area contributed by atoms with E-state index in [0.29, 0.717) is 12.3 Å². The van der Waals surface area contributed by atoms with Crippen molar-refractivity contribution in [2.45, 2.75) is 39.5 Å². The van der Waals surface area contributed by atoms with Crippen LogP contribution in [0.25, 0.3) is 0 Å². The normalized spacial score (nSPS) is 11.5. The van der Waals surface area contributed by atoms with Crippen molar-refractivity contribution in [3.05, 3.63) is 17.5 Å². The van der Waals surface area contributed by atoms with Gasteiger partial charge in [-0.05, 0) is 6.92 Å². The predicted octanol–water partition coefficient (Wildman–Crippen LogP) is 2.08. The number of hydrogen-bond donors (Lipinski definition) is 0. The summed E-state index contributed by atoms with van der Waals surface area (Å²) in [4.78, 5) is 11.2. The minimum Gasteiger partial charge on any atom is -0.466 e. The van der Waals surface area contributed by atoms with E-state index < -0.39 is 0 Å². The molecular formula is C11H17NO3. The molecule has 84 valence electrons. The Hall–Kier alpha value is -1.32. The third-order valence-corrected chi connectivity index (χ3v) is 1.93. The van der Waals surface area contributed by atoms with Gasteiger partial charge in [-0.1, -0.05) is 25.9 Å². The van der Waals surface area contributed by atoms with Gasteiger partial charge in [0.25, 0.3) is 0 Å². The van der Waals surface area contributed by atoms with Gasteiger partial charge in [0.1, 0.15) is 5.76 Å². The van der Waals surface area contributed by atoms with E-state index in [1.165, 1.54) is 0 Å². The third kappa shape index (κ3) is 3.38. The Balaban J connectivity index is 2.65. The minimum atomic E-state index is -0.272. The first-order chi connectivity index (χ1) is 6.93. The van der Waals surface area contributed by atoms with Crippen LogP contribution in [0.1, 0.15) is 39.1 Å². The van der Waals surface area contributed by atoms with Crippen molar-refractivity contribution in [2.24, 2.45) is 0 Å². The Labute approximate surface area is 89.6 Å². The first-order valence-electron chi connectivity index (χ1n) is 5.05. The van der Waals surface area contributed by atoms with Crippen LogP contribution in [0.2, 0.25) is 0 Å². The van der Waals surface area contributed by atoms with E-state index in [0.717, 1.165) is 5.76 Å². The first-order valence-corrected chi connectivity index (χ1v) is 5.05. The number of ether oxygens (including phenoxy) is 1. The van der Waals surface area contributed by atoms with Crippen molar-refractivity contribution in [2.75, 3.05) is 6.61 Å². The van der Waals surface area contributed by atoms with Crippen molar-refractivity contribution in [3.63, 3.8) is 0 Å². The van der Waals surface area contributed by atoms with Gasteiger partial charge in [-0.3, -0.25) is 4.79 Å². The molecule has 0 aliphatic rings. The van der Waals surface area contributed by atoms with Crippen molar-refractivity contribution in [1.82, 2.24) is 5.16 Å². The summed E-state index contributed by atoms with van der Waals surface area (Å²) >= 11 is 0. The Morgan fingerprint density at radius 2 is 2.20 bits per heavy atom. The zero-order valence-corrected chi connectivity index (χ0v) is 9.66. The molecule has 0 bridgehead atoms. The maximum absolute atomic E-state index is 11.2. The standard InChI is InChI=1S/C11H17NO3/c1-5-14-10(13)7-8-6-9(15-12-8)11(2,3)4/h6H,5,7H2,1-4H3. The van der Waals surface area contributed by atoms with Gasteiger partial charge < -0.3 is 9.26 Å². The molecule has 1 rings (SSSR count). The molecule has 0 N–H and O–H groups in total. The van der Waals surface area contributed by atoms with Crippen LogP contribution in [0.15, 0.2) is 10.6 Å². The molecular weight excluding hydrogens is 194 g/mol. The Kier molecular flexibility index (Phi) is 3.50. The van der Waals surface area contributed by atoms with E-state index >= 15 is 0 Å². The molecule has 0 fully saturated rings. The fourth-order valence-corrected chi connectivity index (χ4v) is 1.11. The van der Waals surface area contributed by atoms with E-state index in [2.05, 4.69) is 5.16 Å². The third-order valence-electron chi connectivity index (χ3n) is 1.93. The van der Waals surface area contributed by atoms with Crippen LogP contribution in [0.3, 0.4) is 0 Å². The minimum absolute atomic E-state index is 0.0834. The second-order valence-corrected chi connectivity index (χ2v) is 4.41. The van der Waals surface area contributed by atoms with Crippen molar-refractivity contribution < 1.29 is 14.1 Å². The highest BCUT2D eigenvalue weighted by Crippen LogP contribution is 2.22. The average Bonchev–Trinajstić information content (AvgIpc) is 2.52. The summed E-state index contributed by atoms with van der Waals surface area (Å²) < 4.78 is 9.97. The van der Waals surface area contributed by atoms with E-state index in [1.54, 1.807) is 13.0 Å². The molecule has 0 radical (unpaired) electrons. The Morgan fingerprint density at radius 1 is 1.53 bits per heavy atom. The predicted molar refractivity (Wildman–Crippen MR) is 55.5 cm³/mol. The zero-order chi connectivity index (χ0) is 11.5. The average molecular weight is 211 g/mol. The quantitative estimate of drug-likeness (QED) is 0.718. The summed E-state index contributed by atoms with van der Waals surface area (Å²) in [6.45, 7) is 8.26. The smallest absolute Gasteiger partial charge is 0.311 e. The van der Waals surface area contributed by atoms with Crippen LogP contribution in [-0.4, -0.2) is 17.7 Å². The largest absolute Gasteiger partial charge is 0.466 e. The van der Waals surface area contributed by atoms with Gasteiger partial charge in [0, 0.05) is 11.5 Å². The number of nitrogens with zero attached hydrogens (tertiary/aromatic N) is 1. The fraction of sp³-hybridized carbons (Fsp3) is 0.636. The maximum atomic E-state index is 11.2. The molecule has 1 aromatic heterocycles. The second kappa shape index (κ2) is 4.47. The molecule has 0 unspecified atom stereocenters. The van der Waals surface area contributed by atoms with Gasteiger partial charge in [-0.15, -0.1) is 0 Å². The first kappa shape index (κ1) is 11.8. The van der Waals surface area contributed by atoms with Crippen molar-refractivity contribution >= 4 is 5.97 Å². The fourth-order valence-electron chi connectivity index (χ4n) is 1.11. The molecule has 4 heteroatoms. The molecule has 0 saturated heterocycles. The number of rotatable bonds is 3. The van der Waals surface area contributed by atoms with Crippen LogP contribution in [0.5, 0.6) is 0 Å². The summed E-state index contributed by atoms with van der Waals surface area (Å²) in [5, 5.41) is 3.83. The summed E-state index contributed by atoms with van der Waals surface area (Å²) in [7, 11) is 0. The molecule has 0 spiro atoms. The monoisotopic (exact) mass is 211 g/mol. The van der Waals surface area contributed by atoms with E-state index in [-0.39, 0.29) is 17.8 Å². The number of aromatic nitrogens is 1. The molecule has 0 aliphatic heterocycles. The Bertz CT molecular complexity index is 336. The van der Waals surface area contributed by atoms with Gasteiger partial charge in [0.15, 0.2) is 0 Å². The SMILES string of the molecule is CCOC(=O)Cc1cc(C(C)(C)C)on1. The van der Waals surface area contributed by atoms with Gasteiger partial charge >= 0.3 is 5.97 Å². The van der Waals surface area contributed by atoms with E-state index in [4.69, 9.17) is 9.26 Å². The summed E-state index contributed by atoms with van der Waals surface area (Å²) in [6.07, 6.45) is 0.174. The van der Waals surface area contributed by atoms with Crippen LogP contribution >= 0.6 is 0 Å². The lowest BCUT2D eigenvalue weighted by Gasteiger charge is -2.12. The van der Waals surface area contributed by atoms with Crippen LogP contribution in [-0.2, 0) is 21.4 Å². The molecule has 0 aliphatic carbocycles. The molecule has 0 atom stereocenters.